The lowest BCUT2D eigenvalue weighted by Crippen LogP contribution is -2.20. The van der Waals surface area contributed by atoms with Crippen LogP contribution < -0.4 is 4.74 Å². The average Bonchev–Trinajstić information content (AvgIpc) is 3.89. The summed E-state index contributed by atoms with van der Waals surface area (Å²) < 4.78 is 5.28. The van der Waals surface area contributed by atoms with E-state index < -0.39 is 0 Å². The molecular formula is C49H42O6. The molecule has 0 aliphatic heterocycles. The molecule has 0 saturated heterocycles. The van der Waals surface area contributed by atoms with Crippen molar-refractivity contribution in [2.75, 3.05) is 7.11 Å². The monoisotopic (exact) mass is 726 g/mol. The van der Waals surface area contributed by atoms with Crippen molar-refractivity contribution in [2.24, 2.45) is 10.8 Å². The van der Waals surface area contributed by atoms with Gasteiger partial charge >= 0.3 is 0 Å². The largest absolute Gasteiger partial charge is 0.508 e. The summed E-state index contributed by atoms with van der Waals surface area (Å²) in [7, 11) is 1.67. The summed E-state index contributed by atoms with van der Waals surface area (Å²) in [6, 6.07) is 38.0. The Morgan fingerprint density at radius 2 is 0.745 bits per heavy atom. The van der Waals surface area contributed by atoms with Gasteiger partial charge in [-0.15, -0.1) is 0 Å². The molecule has 6 nitrogen and oxygen atoms in total. The first-order valence-corrected chi connectivity index (χ1v) is 18.7. The fraction of sp³-hybridized carbons (Fsp3) is 0.184. The van der Waals surface area contributed by atoms with Gasteiger partial charge in [0.05, 0.1) is 7.11 Å². The molecule has 0 heterocycles. The van der Waals surface area contributed by atoms with Crippen molar-refractivity contribution in [3.05, 3.63) is 177 Å². The molecule has 0 aromatic heterocycles. The molecule has 0 radical (unpaired) electrons. The molecule has 2 unspecified atom stereocenters. The highest BCUT2D eigenvalue weighted by molar-refractivity contribution is 5.91. The van der Waals surface area contributed by atoms with E-state index in [0.29, 0.717) is 17.2 Å². The zero-order chi connectivity index (χ0) is 37.9. The molecule has 4 aliphatic rings. The third-order valence-electron chi connectivity index (χ3n) is 12.1. The van der Waals surface area contributed by atoms with E-state index in [-0.39, 0.29) is 22.3 Å². The fourth-order valence-electron chi connectivity index (χ4n) is 9.61. The second-order valence-electron chi connectivity index (χ2n) is 15.7. The van der Waals surface area contributed by atoms with E-state index in [1.54, 1.807) is 43.5 Å². The number of rotatable bonds is 3. The Hall–Kier alpha value is -6.40. The zero-order valence-corrected chi connectivity index (χ0v) is 30.6. The summed E-state index contributed by atoms with van der Waals surface area (Å²) in [6.07, 6.45) is 9.92. The Bertz CT molecular complexity index is 2520. The lowest BCUT2D eigenvalue weighted by molar-refractivity contribution is 0.415. The van der Waals surface area contributed by atoms with Crippen molar-refractivity contribution >= 4 is 23.3 Å². The van der Waals surface area contributed by atoms with Gasteiger partial charge in [-0.3, -0.25) is 0 Å². The van der Waals surface area contributed by atoms with Gasteiger partial charge in [0, 0.05) is 10.8 Å². The van der Waals surface area contributed by atoms with Crippen LogP contribution in [-0.4, -0.2) is 32.6 Å². The number of allylic oxidation sites excluding steroid dienone is 2. The lowest BCUT2D eigenvalue weighted by Gasteiger charge is -2.26. The summed E-state index contributed by atoms with van der Waals surface area (Å²) >= 11 is 0. The molecule has 6 aromatic rings. The number of hydrogen-bond donors (Lipinski definition) is 5. The summed E-state index contributed by atoms with van der Waals surface area (Å²) in [6.45, 7) is 0. The summed E-state index contributed by atoms with van der Waals surface area (Å²) in [4.78, 5) is 0. The van der Waals surface area contributed by atoms with Gasteiger partial charge in [0.2, 0.25) is 0 Å². The van der Waals surface area contributed by atoms with E-state index in [1.165, 1.54) is 44.5 Å². The van der Waals surface area contributed by atoms with Gasteiger partial charge in [-0.25, -0.2) is 0 Å². The Morgan fingerprint density at radius 1 is 0.400 bits per heavy atom. The number of benzene rings is 6. The van der Waals surface area contributed by atoms with Crippen LogP contribution in [0.1, 0.15) is 55.6 Å². The Kier molecular flexibility index (Phi) is 8.23. The molecular weight excluding hydrogens is 685 g/mol. The molecule has 5 N–H and O–H groups in total. The van der Waals surface area contributed by atoms with Crippen LogP contribution in [0.25, 0.3) is 23.3 Å². The molecule has 55 heavy (non-hydrogen) atoms. The first-order chi connectivity index (χ1) is 26.6. The maximum atomic E-state index is 10.1. The Balaban J connectivity index is 0.000000144. The molecule has 0 bridgehead atoms. The summed E-state index contributed by atoms with van der Waals surface area (Å²) in [5.74, 6) is 2.29. The highest BCUT2D eigenvalue weighted by Crippen LogP contribution is 2.57. The number of phenols is 5. The second-order valence-corrected chi connectivity index (χ2v) is 15.7. The zero-order valence-electron chi connectivity index (χ0n) is 30.6. The average molecular weight is 727 g/mol. The molecule has 274 valence electrons. The molecule has 0 saturated carbocycles. The van der Waals surface area contributed by atoms with Crippen molar-refractivity contribution < 1.29 is 30.3 Å². The normalized spacial score (nSPS) is 21.3. The molecule has 4 aliphatic carbocycles. The predicted molar refractivity (Wildman–Crippen MR) is 216 cm³/mol. The topological polar surface area (TPSA) is 110 Å². The predicted octanol–water partition coefficient (Wildman–Crippen LogP) is 9.67. The summed E-state index contributed by atoms with van der Waals surface area (Å²) in [5, 5.41) is 49.6. The quantitative estimate of drug-likeness (QED) is 0.124. The highest BCUT2D eigenvalue weighted by atomic mass is 16.5. The van der Waals surface area contributed by atoms with Gasteiger partial charge in [0.1, 0.15) is 34.5 Å². The van der Waals surface area contributed by atoms with Crippen LogP contribution in [0, 0.1) is 10.8 Å². The number of phenolic OH excluding ortho intramolecular Hbond substituents is 5. The molecule has 2 atom stereocenters. The lowest BCUT2D eigenvalue weighted by atomic mass is 9.77. The minimum Gasteiger partial charge on any atom is -0.508 e. The van der Waals surface area contributed by atoms with Crippen LogP contribution in [0.4, 0.5) is 0 Å². The second kappa shape index (κ2) is 13.2. The highest BCUT2D eigenvalue weighted by Gasteiger charge is 2.47. The van der Waals surface area contributed by atoms with E-state index in [9.17, 15) is 25.5 Å². The van der Waals surface area contributed by atoms with Gasteiger partial charge in [0.15, 0.2) is 0 Å². The van der Waals surface area contributed by atoms with Crippen molar-refractivity contribution in [1.29, 1.82) is 0 Å². The van der Waals surface area contributed by atoms with E-state index in [1.807, 2.05) is 72.8 Å². The van der Waals surface area contributed by atoms with Crippen molar-refractivity contribution in [3.8, 4) is 34.5 Å². The van der Waals surface area contributed by atoms with Crippen molar-refractivity contribution in [3.63, 3.8) is 0 Å². The summed E-state index contributed by atoms with van der Waals surface area (Å²) in [5.41, 5.74) is 14.3. The fourth-order valence-corrected chi connectivity index (χ4v) is 9.61. The molecule has 6 heteroatoms. The first-order valence-electron chi connectivity index (χ1n) is 18.7. The number of hydrogen-bond acceptors (Lipinski definition) is 6. The van der Waals surface area contributed by atoms with Crippen LogP contribution in [-0.2, 0) is 38.5 Å². The van der Waals surface area contributed by atoms with Gasteiger partial charge < -0.3 is 30.3 Å². The minimum atomic E-state index is -0.0653. The number of fused-ring (bicyclic) bond motifs is 4. The molecule has 0 amide bonds. The standard InChI is InChI=1S/C25H22O3.C24H20O3/c1-28-22-8-2-16(3-9-22)10-24-23-12-21(27)7-5-18(23)14-25(24)13-17-4-6-20(26)11-19(17)15-25;25-19-5-1-15(2-6-19)9-23-22-11-21(27)8-4-17(22)13-24(23)12-16-3-7-20(26)10-18(16)14-24/h2-12,26-27H,13-15H2,1H3;1-11,25-27H,12-14H2. The van der Waals surface area contributed by atoms with E-state index >= 15 is 0 Å². The number of methoxy groups -OCH3 is 1. The van der Waals surface area contributed by atoms with Crippen LogP contribution in [0.2, 0.25) is 0 Å². The molecule has 6 aromatic carbocycles. The van der Waals surface area contributed by atoms with Crippen LogP contribution in [0.15, 0.2) is 121 Å². The van der Waals surface area contributed by atoms with Crippen LogP contribution in [0.3, 0.4) is 0 Å². The maximum absolute atomic E-state index is 10.1. The first kappa shape index (κ1) is 34.4. The van der Waals surface area contributed by atoms with Crippen LogP contribution in [0.5, 0.6) is 34.5 Å². The van der Waals surface area contributed by atoms with E-state index in [4.69, 9.17) is 4.74 Å². The smallest absolute Gasteiger partial charge is 0.118 e. The van der Waals surface area contributed by atoms with Crippen molar-refractivity contribution in [1.82, 2.24) is 0 Å². The maximum Gasteiger partial charge on any atom is 0.118 e. The third kappa shape index (κ3) is 6.27. The van der Waals surface area contributed by atoms with Gasteiger partial charge in [-0.2, -0.15) is 0 Å². The van der Waals surface area contributed by atoms with Gasteiger partial charge in [-0.1, -0.05) is 60.7 Å². The molecule has 0 fully saturated rings. The minimum absolute atomic E-state index is 0.0355. The van der Waals surface area contributed by atoms with Crippen molar-refractivity contribution in [2.45, 2.75) is 38.5 Å². The Labute approximate surface area is 320 Å². The van der Waals surface area contributed by atoms with Crippen LogP contribution >= 0.6 is 0 Å². The number of aromatic hydroxyl groups is 5. The van der Waals surface area contributed by atoms with E-state index in [0.717, 1.165) is 66.5 Å². The number of ether oxygens (including phenoxy) is 1. The van der Waals surface area contributed by atoms with Gasteiger partial charge in [-0.05, 0) is 178 Å². The molecule has 2 spiro atoms. The van der Waals surface area contributed by atoms with Gasteiger partial charge in [0.25, 0.3) is 0 Å². The molecule has 10 rings (SSSR count). The van der Waals surface area contributed by atoms with E-state index in [2.05, 4.69) is 24.3 Å². The third-order valence-corrected chi connectivity index (χ3v) is 12.1. The Morgan fingerprint density at radius 3 is 1.18 bits per heavy atom. The SMILES string of the molecule is COc1ccc(C=C2c3cc(O)ccc3CC23Cc2ccc(O)cc2C3)cc1.Oc1ccc(C=C2c3cc(O)ccc3CC23Cc2ccc(O)cc2C3)cc1.